The van der Waals surface area contributed by atoms with Crippen LogP contribution in [-0.4, -0.2) is 28.4 Å². The first-order valence-corrected chi connectivity index (χ1v) is 6.32. The van der Waals surface area contributed by atoms with Crippen molar-refractivity contribution in [2.75, 3.05) is 17.2 Å². The number of hydrogen-bond acceptors (Lipinski definition) is 4. The van der Waals surface area contributed by atoms with Crippen LogP contribution >= 0.6 is 35.2 Å². The number of amides is 1. The number of anilines is 1. The molecule has 1 aliphatic heterocycles. The average molecular weight is 335 g/mol. The summed E-state index contributed by atoms with van der Waals surface area (Å²) in [5, 5.41) is 7.93. The lowest BCUT2D eigenvalue weighted by Gasteiger charge is -2.13. The molecule has 15 heavy (non-hydrogen) atoms. The van der Waals surface area contributed by atoms with Gasteiger partial charge in [-0.25, -0.2) is 0 Å². The van der Waals surface area contributed by atoms with Crippen molar-refractivity contribution in [2.45, 2.75) is 6.42 Å². The molecule has 2 heterocycles. The van der Waals surface area contributed by atoms with E-state index in [9.17, 15) is 4.79 Å². The van der Waals surface area contributed by atoms with E-state index in [0.29, 0.717) is 24.7 Å². The van der Waals surface area contributed by atoms with Crippen LogP contribution in [0.3, 0.4) is 0 Å². The number of nitrogens with zero attached hydrogens (tertiary/aromatic N) is 3. The predicted octanol–water partition coefficient (Wildman–Crippen LogP) is 1.36. The standard InChI is InChI=1S/C9H10IN3OS/c10-7-1-2-8(12-11-7)13-4-6(5-15)3-9(13)14/h1-2,6,15H,3-5H2. The maximum absolute atomic E-state index is 11.7. The lowest BCUT2D eigenvalue weighted by molar-refractivity contribution is -0.117. The van der Waals surface area contributed by atoms with Gasteiger partial charge in [0.05, 0.1) is 0 Å². The molecule has 1 amide bonds. The number of thiol groups is 1. The number of carbonyl (C=O) groups excluding carboxylic acids is 1. The van der Waals surface area contributed by atoms with Gasteiger partial charge < -0.3 is 0 Å². The minimum absolute atomic E-state index is 0.115. The van der Waals surface area contributed by atoms with Gasteiger partial charge in [-0.1, -0.05) is 0 Å². The van der Waals surface area contributed by atoms with Gasteiger partial charge in [-0.05, 0) is 46.4 Å². The Morgan fingerprint density at radius 1 is 1.53 bits per heavy atom. The maximum Gasteiger partial charge on any atom is 0.228 e. The van der Waals surface area contributed by atoms with Crippen LogP contribution in [0.1, 0.15) is 6.42 Å². The van der Waals surface area contributed by atoms with Gasteiger partial charge in [0.25, 0.3) is 0 Å². The van der Waals surface area contributed by atoms with Gasteiger partial charge in [0.2, 0.25) is 5.91 Å². The van der Waals surface area contributed by atoms with Gasteiger partial charge in [-0.3, -0.25) is 9.69 Å². The summed E-state index contributed by atoms with van der Waals surface area (Å²) in [4.78, 5) is 13.3. The van der Waals surface area contributed by atoms with Crippen LogP contribution in [0.25, 0.3) is 0 Å². The first-order chi connectivity index (χ1) is 7.20. The maximum atomic E-state index is 11.7. The fourth-order valence-corrected chi connectivity index (χ4v) is 2.11. The molecule has 4 nitrogen and oxygen atoms in total. The Balaban J connectivity index is 2.18. The van der Waals surface area contributed by atoms with E-state index in [4.69, 9.17) is 0 Å². The van der Waals surface area contributed by atoms with Gasteiger partial charge in [0, 0.05) is 13.0 Å². The van der Waals surface area contributed by atoms with E-state index in [0.717, 1.165) is 9.45 Å². The molecule has 6 heteroatoms. The number of carbonyl (C=O) groups is 1. The Bertz CT molecular complexity index is 370. The third-order valence-electron chi connectivity index (χ3n) is 2.36. The SMILES string of the molecule is O=C1CC(CS)CN1c1ccc(I)nn1. The molecule has 1 unspecified atom stereocenters. The largest absolute Gasteiger partial charge is 0.295 e. The molecule has 1 aromatic rings. The van der Waals surface area contributed by atoms with Crippen molar-refractivity contribution in [3.8, 4) is 0 Å². The number of halogens is 1. The van der Waals surface area contributed by atoms with Gasteiger partial charge in [0.15, 0.2) is 5.82 Å². The molecule has 0 N–H and O–H groups in total. The minimum atomic E-state index is 0.115. The molecule has 80 valence electrons. The van der Waals surface area contributed by atoms with Crippen LogP contribution in [0.15, 0.2) is 12.1 Å². The fraction of sp³-hybridized carbons (Fsp3) is 0.444. The van der Waals surface area contributed by atoms with Crippen LogP contribution in [-0.2, 0) is 4.79 Å². The van der Waals surface area contributed by atoms with Crippen LogP contribution < -0.4 is 4.90 Å². The van der Waals surface area contributed by atoms with Gasteiger partial charge in [-0.15, -0.1) is 10.2 Å². The van der Waals surface area contributed by atoms with Crippen molar-refractivity contribution in [3.05, 3.63) is 15.8 Å². The molecule has 1 saturated heterocycles. The molecular weight excluding hydrogens is 325 g/mol. The van der Waals surface area contributed by atoms with Crippen molar-refractivity contribution in [1.29, 1.82) is 0 Å². The smallest absolute Gasteiger partial charge is 0.228 e. The van der Waals surface area contributed by atoms with E-state index in [1.807, 2.05) is 12.1 Å². The topological polar surface area (TPSA) is 46.1 Å². The van der Waals surface area contributed by atoms with Crippen molar-refractivity contribution in [1.82, 2.24) is 10.2 Å². The number of rotatable bonds is 2. The number of hydrogen-bond donors (Lipinski definition) is 1. The highest BCUT2D eigenvalue weighted by Crippen LogP contribution is 2.23. The zero-order valence-corrected chi connectivity index (χ0v) is 11.0. The van der Waals surface area contributed by atoms with E-state index in [2.05, 4.69) is 45.4 Å². The van der Waals surface area contributed by atoms with Gasteiger partial charge >= 0.3 is 0 Å². The van der Waals surface area contributed by atoms with Crippen molar-refractivity contribution >= 4 is 46.9 Å². The van der Waals surface area contributed by atoms with E-state index < -0.39 is 0 Å². The van der Waals surface area contributed by atoms with Crippen LogP contribution in [0.5, 0.6) is 0 Å². The molecule has 0 bridgehead atoms. The van der Waals surface area contributed by atoms with E-state index >= 15 is 0 Å². The third-order valence-corrected chi connectivity index (χ3v) is 3.45. The van der Waals surface area contributed by atoms with E-state index in [1.54, 1.807) is 4.90 Å². The zero-order valence-electron chi connectivity index (χ0n) is 7.93. The Kier molecular flexibility index (Phi) is 3.45. The van der Waals surface area contributed by atoms with E-state index in [1.165, 1.54) is 0 Å². The summed E-state index contributed by atoms with van der Waals surface area (Å²) in [7, 11) is 0. The first kappa shape index (κ1) is 11.1. The lowest BCUT2D eigenvalue weighted by atomic mass is 10.1. The molecule has 1 aromatic heterocycles. The summed E-state index contributed by atoms with van der Waals surface area (Å²) >= 11 is 6.30. The predicted molar refractivity (Wildman–Crippen MR) is 69.1 cm³/mol. The highest BCUT2D eigenvalue weighted by molar-refractivity contribution is 14.1. The van der Waals surface area contributed by atoms with Crippen LogP contribution in [0.4, 0.5) is 5.82 Å². The second-order valence-electron chi connectivity index (χ2n) is 3.47. The molecule has 1 atom stereocenters. The van der Waals surface area contributed by atoms with Crippen molar-refractivity contribution < 1.29 is 4.79 Å². The zero-order chi connectivity index (χ0) is 10.8. The summed E-state index contributed by atoms with van der Waals surface area (Å²) in [6, 6.07) is 3.68. The molecule has 0 aromatic carbocycles. The molecule has 1 fully saturated rings. The van der Waals surface area contributed by atoms with Gasteiger partial charge in [0.1, 0.15) is 3.70 Å². The summed E-state index contributed by atoms with van der Waals surface area (Å²) in [5.41, 5.74) is 0. The average Bonchev–Trinajstić information content (AvgIpc) is 2.61. The molecular formula is C9H10IN3OS. The monoisotopic (exact) mass is 335 g/mol. The molecule has 2 rings (SSSR count). The molecule has 0 spiro atoms. The highest BCUT2D eigenvalue weighted by Gasteiger charge is 2.30. The fourth-order valence-electron chi connectivity index (χ4n) is 1.58. The molecule has 0 radical (unpaired) electrons. The summed E-state index contributed by atoms with van der Waals surface area (Å²) in [6.45, 7) is 0.706. The summed E-state index contributed by atoms with van der Waals surface area (Å²) in [5.74, 6) is 1.83. The second-order valence-corrected chi connectivity index (χ2v) is 4.94. The molecule has 0 saturated carbocycles. The molecule has 0 aliphatic carbocycles. The quantitative estimate of drug-likeness (QED) is 0.656. The lowest BCUT2D eigenvalue weighted by Crippen LogP contribution is -2.26. The number of aromatic nitrogens is 2. The van der Waals surface area contributed by atoms with Crippen molar-refractivity contribution in [3.63, 3.8) is 0 Å². The summed E-state index contributed by atoms with van der Waals surface area (Å²) < 4.78 is 0.828. The van der Waals surface area contributed by atoms with Crippen LogP contribution in [0, 0.1) is 9.62 Å². The minimum Gasteiger partial charge on any atom is -0.295 e. The van der Waals surface area contributed by atoms with Crippen molar-refractivity contribution in [2.24, 2.45) is 5.92 Å². The first-order valence-electron chi connectivity index (χ1n) is 4.61. The van der Waals surface area contributed by atoms with Gasteiger partial charge in [-0.2, -0.15) is 12.6 Å². The van der Waals surface area contributed by atoms with Crippen LogP contribution in [0.2, 0.25) is 0 Å². The second kappa shape index (κ2) is 4.65. The highest BCUT2D eigenvalue weighted by atomic mass is 127. The Morgan fingerprint density at radius 2 is 2.33 bits per heavy atom. The van der Waals surface area contributed by atoms with E-state index in [-0.39, 0.29) is 5.91 Å². The molecule has 1 aliphatic rings. The summed E-state index contributed by atoms with van der Waals surface area (Å²) in [6.07, 6.45) is 0.567. The normalized spacial score (nSPS) is 21.1. The Hall–Kier alpha value is -0.370. The third kappa shape index (κ3) is 2.41. The Morgan fingerprint density at radius 3 is 2.87 bits per heavy atom. The Labute approximate surface area is 107 Å².